The maximum atomic E-state index is 13.4. The first-order chi connectivity index (χ1) is 14.4. The van der Waals surface area contributed by atoms with Crippen LogP contribution >= 0.6 is 0 Å². The zero-order valence-electron chi connectivity index (χ0n) is 17.3. The second-order valence-corrected chi connectivity index (χ2v) is 8.70. The Morgan fingerprint density at radius 1 is 1.07 bits per heavy atom. The van der Waals surface area contributed by atoms with Crippen molar-refractivity contribution in [3.05, 3.63) is 47.5 Å². The van der Waals surface area contributed by atoms with E-state index in [1.54, 1.807) is 36.4 Å². The minimum absolute atomic E-state index is 0.00841. The Labute approximate surface area is 177 Å². The molecular formula is C21H27NO7S. The lowest BCUT2D eigenvalue weighted by molar-refractivity contribution is -0.141. The van der Waals surface area contributed by atoms with E-state index in [0.717, 1.165) is 5.56 Å². The molecule has 2 aromatic rings. The number of hydrogen-bond donors (Lipinski definition) is 1. The molecule has 1 heterocycles. The second kappa shape index (κ2) is 9.65. The van der Waals surface area contributed by atoms with Gasteiger partial charge in [-0.05, 0) is 39.0 Å². The van der Waals surface area contributed by atoms with Crippen molar-refractivity contribution in [2.75, 3.05) is 26.6 Å². The Kier molecular flexibility index (Phi) is 7.19. The molecule has 0 fully saturated rings. The van der Waals surface area contributed by atoms with Crippen molar-refractivity contribution in [3.8, 4) is 17.2 Å². The van der Waals surface area contributed by atoms with E-state index in [2.05, 4.69) is 0 Å². The monoisotopic (exact) mass is 437 g/mol. The largest absolute Gasteiger partial charge is 0.504 e. The summed E-state index contributed by atoms with van der Waals surface area (Å²) in [4.78, 5) is 0.153. The molecule has 1 aliphatic rings. The topological polar surface area (TPSA) is 94.5 Å². The van der Waals surface area contributed by atoms with Gasteiger partial charge in [-0.3, -0.25) is 0 Å². The van der Waals surface area contributed by atoms with Crippen LogP contribution in [0.4, 0.5) is 0 Å². The Balaban J connectivity index is 1.96. The van der Waals surface area contributed by atoms with Gasteiger partial charge >= 0.3 is 0 Å². The Bertz CT molecular complexity index is 954. The SMILES string of the molecule is CCOC(CN(Cc1ccc2c(c1O)OCO2)S(=O)(=O)c1ccc(C)cc1)OCC. The number of phenolic OH excluding ortho intramolecular Hbond substituents is 1. The zero-order valence-corrected chi connectivity index (χ0v) is 18.1. The number of nitrogens with zero attached hydrogens (tertiary/aromatic N) is 1. The van der Waals surface area contributed by atoms with Crippen molar-refractivity contribution in [3.63, 3.8) is 0 Å². The minimum Gasteiger partial charge on any atom is -0.504 e. The smallest absolute Gasteiger partial charge is 0.243 e. The number of sulfonamides is 1. The summed E-state index contributed by atoms with van der Waals surface area (Å²) in [6.07, 6.45) is -0.739. The minimum atomic E-state index is -3.89. The van der Waals surface area contributed by atoms with Crippen LogP contribution in [-0.2, 0) is 26.0 Å². The fraction of sp³-hybridized carbons (Fsp3) is 0.429. The number of hydrogen-bond acceptors (Lipinski definition) is 7. The highest BCUT2D eigenvalue weighted by Gasteiger charge is 2.30. The Morgan fingerprint density at radius 2 is 1.73 bits per heavy atom. The van der Waals surface area contributed by atoms with Gasteiger partial charge in [0.1, 0.15) is 0 Å². The third kappa shape index (κ3) is 4.86. The Hall–Kier alpha value is -2.33. The van der Waals surface area contributed by atoms with Crippen LogP contribution in [0.3, 0.4) is 0 Å². The van der Waals surface area contributed by atoms with Crippen molar-refractivity contribution in [1.82, 2.24) is 4.31 Å². The normalized spacial score (nSPS) is 13.4. The van der Waals surface area contributed by atoms with E-state index in [9.17, 15) is 13.5 Å². The lowest BCUT2D eigenvalue weighted by Gasteiger charge is -2.27. The van der Waals surface area contributed by atoms with Gasteiger partial charge in [0.2, 0.25) is 22.6 Å². The molecule has 3 rings (SSSR count). The van der Waals surface area contributed by atoms with Gasteiger partial charge in [0.25, 0.3) is 0 Å². The van der Waals surface area contributed by atoms with E-state index in [1.165, 1.54) is 4.31 Å². The van der Waals surface area contributed by atoms with E-state index >= 15 is 0 Å². The van der Waals surface area contributed by atoms with Crippen molar-refractivity contribution >= 4 is 10.0 Å². The lowest BCUT2D eigenvalue weighted by Crippen LogP contribution is -2.39. The highest BCUT2D eigenvalue weighted by molar-refractivity contribution is 7.89. The van der Waals surface area contributed by atoms with Crippen LogP contribution in [0.5, 0.6) is 17.2 Å². The van der Waals surface area contributed by atoms with Gasteiger partial charge in [-0.2, -0.15) is 4.31 Å². The molecule has 2 aromatic carbocycles. The molecule has 1 N–H and O–H groups in total. The molecule has 0 radical (unpaired) electrons. The predicted molar refractivity (Wildman–Crippen MR) is 110 cm³/mol. The molecule has 0 aliphatic carbocycles. The number of aryl methyl sites for hydroxylation is 1. The molecule has 164 valence electrons. The van der Waals surface area contributed by atoms with E-state index in [0.29, 0.717) is 24.5 Å². The fourth-order valence-corrected chi connectivity index (χ4v) is 4.52. The molecule has 0 saturated heterocycles. The highest BCUT2D eigenvalue weighted by atomic mass is 32.2. The van der Waals surface area contributed by atoms with Crippen LogP contribution in [0.15, 0.2) is 41.3 Å². The van der Waals surface area contributed by atoms with Crippen LogP contribution in [0.1, 0.15) is 25.0 Å². The quantitative estimate of drug-likeness (QED) is 0.571. The van der Waals surface area contributed by atoms with Crippen LogP contribution < -0.4 is 9.47 Å². The van der Waals surface area contributed by atoms with Gasteiger partial charge in [0, 0.05) is 25.3 Å². The van der Waals surface area contributed by atoms with Gasteiger partial charge in [-0.25, -0.2) is 8.42 Å². The maximum Gasteiger partial charge on any atom is 0.243 e. The third-order valence-electron chi connectivity index (χ3n) is 4.66. The zero-order chi connectivity index (χ0) is 21.7. The summed E-state index contributed by atoms with van der Waals surface area (Å²) in [6, 6.07) is 9.88. The van der Waals surface area contributed by atoms with E-state index in [-0.39, 0.29) is 36.3 Å². The maximum absolute atomic E-state index is 13.4. The standard InChI is InChI=1S/C21H27NO7S/c1-4-26-19(27-5-2)13-22(30(24,25)17-9-6-15(3)7-10-17)12-16-8-11-18-21(20(16)23)29-14-28-18/h6-11,19,23H,4-5,12-14H2,1-3H3. The van der Waals surface area contributed by atoms with E-state index in [1.807, 2.05) is 20.8 Å². The number of ether oxygens (including phenoxy) is 4. The highest BCUT2D eigenvalue weighted by Crippen LogP contribution is 2.43. The molecule has 30 heavy (non-hydrogen) atoms. The predicted octanol–water partition coefficient (Wildman–Crippen LogP) is 3.02. The Morgan fingerprint density at radius 3 is 2.37 bits per heavy atom. The molecule has 0 unspecified atom stereocenters. The molecule has 0 aromatic heterocycles. The van der Waals surface area contributed by atoms with Gasteiger partial charge in [-0.1, -0.05) is 23.8 Å². The molecule has 0 atom stereocenters. The number of benzene rings is 2. The molecule has 8 nitrogen and oxygen atoms in total. The fourth-order valence-electron chi connectivity index (χ4n) is 3.11. The molecule has 9 heteroatoms. The summed E-state index contributed by atoms with van der Waals surface area (Å²) in [7, 11) is -3.89. The molecule has 0 amide bonds. The summed E-state index contributed by atoms with van der Waals surface area (Å²) < 4.78 is 49.8. The van der Waals surface area contributed by atoms with Crippen LogP contribution in [-0.4, -0.2) is 50.7 Å². The first-order valence-electron chi connectivity index (χ1n) is 9.77. The molecule has 1 aliphatic heterocycles. The molecule has 0 bridgehead atoms. The molecule has 0 spiro atoms. The van der Waals surface area contributed by atoms with Crippen molar-refractivity contribution in [2.45, 2.75) is 38.5 Å². The van der Waals surface area contributed by atoms with Crippen LogP contribution in [0.2, 0.25) is 0 Å². The summed E-state index contributed by atoms with van der Waals surface area (Å²) in [5, 5.41) is 10.6. The number of rotatable bonds is 10. The third-order valence-corrected chi connectivity index (χ3v) is 6.49. The molecular weight excluding hydrogens is 410 g/mol. The second-order valence-electron chi connectivity index (χ2n) is 6.76. The van der Waals surface area contributed by atoms with Gasteiger partial charge in [0.05, 0.1) is 11.4 Å². The van der Waals surface area contributed by atoms with Gasteiger partial charge < -0.3 is 24.1 Å². The summed E-state index contributed by atoms with van der Waals surface area (Å²) in [5.74, 6) is 0.496. The number of phenols is 1. The average molecular weight is 438 g/mol. The van der Waals surface area contributed by atoms with Crippen molar-refractivity contribution < 1.29 is 32.5 Å². The van der Waals surface area contributed by atoms with Gasteiger partial charge in [-0.15, -0.1) is 0 Å². The molecule has 0 saturated carbocycles. The summed E-state index contributed by atoms with van der Waals surface area (Å²) in [5.41, 5.74) is 1.34. The van der Waals surface area contributed by atoms with E-state index in [4.69, 9.17) is 18.9 Å². The van der Waals surface area contributed by atoms with Crippen molar-refractivity contribution in [1.29, 1.82) is 0 Å². The first kappa shape index (κ1) is 22.4. The number of fused-ring (bicyclic) bond motifs is 1. The van der Waals surface area contributed by atoms with Gasteiger partial charge in [0.15, 0.2) is 17.8 Å². The summed E-state index contributed by atoms with van der Waals surface area (Å²) >= 11 is 0. The van der Waals surface area contributed by atoms with Crippen LogP contribution in [0.25, 0.3) is 0 Å². The first-order valence-corrected chi connectivity index (χ1v) is 11.2. The summed E-state index contributed by atoms with van der Waals surface area (Å²) in [6.45, 7) is 6.15. The number of aromatic hydroxyl groups is 1. The lowest BCUT2D eigenvalue weighted by atomic mass is 10.1. The average Bonchev–Trinajstić information content (AvgIpc) is 3.19. The van der Waals surface area contributed by atoms with Crippen LogP contribution in [0, 0.1) is 6.92 Å². The van der Waals surface area contributed by atoms with Crippen molar-refractivity contribution in [2.24, 2.45) is 0 Å². The van der Waals surface area contributed by atoms with E-state index < -0.39 is 16.3 Å².